The van der Waals surface area contributed by atoms with Crippen molar-refractivity contribution < 1.29 is 19.1 Å². The lowest BCUT2D eigenvalue weighted by Crippen LogP contribution is -2.34. The molecule has 0 bridgehead atoms. The summed E-state index contributed by atoms with van der Waals surface area (Å²) in [5.74, 6) is 0.132. The summed E-state index contributed by atoms with van der Waals surface area (Å²) in [6.07, 6.45) is 3.60. The van der Waals surface area contributed by atoms with Gasteiger partial charge in [-0.3, -0.25) is 14.5 Å². The maximum Gasteiger partial charge on any atom is 0.278 e. The molecule has 0 spiro atoms. The van der Waals surface area contributed by atoms with E-state index in [1.807, 2.05) is 56.3 Å². The van der Waals surface area contributed by atoms with Crippen LogP contribution < -0.4 is 10.1 Å². The zero-order valence-corrected chi connectivity index (χ0v) is 20.8. The average Bonchev–Trinajstić information content (AvgIpc) is 3.06. The minimum atomic E-state index is -0.313. The van der Waals surface area contributed by atoms with Gasteiger partial charge in [0.1, 0.15) is 11.4 Å². The highest BCUT2D eigenvalue weighted by Crippen LogP contribution is 2.32. The quantitative estimate of drug-likeness (QED) is 0.314. The Morgan fingerprint density at radius 2 is 1.65 bits per heavy atom. The van der Waals surface area contributed by atoms with Crippen LogP contribution in [0.5, 0.6) is 5.75 Å². The number of ether oxygens (including phenoxy) is 2. The molecular formula is C28H36N2O4. The second-order valence-corrected chi connectivity index (χ2v) is 8.63. The molecule has 2 aromatic carbocycles. The number of nitrogens with one attached hydrogen (secondary N) is 1. The van der Waals surface area contributed by atoms with E-state index in [2.05, 4.69) is 19.2 Å². The number of hydrogen-bond acceptors (Lipinski definition) is 5. The Morgan fingerprint density at radius 3 is 2.38 bits per heavy atom. The molecule has 3 rings (SSSR count). The fraction of sp³-hybridized carbons (Fsp3) is 0.429. The largest absolute Gasteiger partial charge is 0.494 e. The Bertz CT molecular complexity index is 1040. The van der Waals surface area contributed by atoms with E-state index in [1.54, 1.807) is 0 Å². The molecule has 6 nitrogen and oxygen atoms in total. The normalized spacial score (nSPS) is 13.7. The molecule has 1 N–H and O–H groups in total. The first kappa shape index (κ1) is 25.5. The van der Waals surface area contributed by atoms with Crippen molar-refractivity contribution in [2.45, 2.75) is 53.4 Å². The van der Waals surface area contributed by atoms with Crippen LogP contribution in [-0.4, -0.2) is 43.1 Å². The van der Waals surface area contributed by atoms with E-state index >= 15 is 0 Å². The van der Waals surface area contributed by atoms with Gasteiger partial charge in [0.15, 0.2) is 0 Å². The third-order valence-corrected chi connectivity index (χ3v) is 5.85. The zero-order valence-electron chi connectivity index (χ0n) is 20.8. The summed E-state index contributed by atoms with van der Waals surface area (Å²) < 4.78 is 11.4. The van der Waals surface area contributed by atoms with E-state index in [0.29, 0.717) is 49.7 Å². The summed E-state index contributed by atoms with van der Waals surface area (Å²) in [5, 5.41) is 3.23. The number of carbonyl (C=O) groups is 2. The number of imide groups is 1. The average molecular weight is 465 g/mol. The van der Waals surface area contributed by atoms with Crippen LogP contribution in [0.2, 0.25) is 0 Å². The standard InChI is InChI=1S/C28H36N2O4/c1-5-7-16-33-17-9-14-30-27(31)25(22-13-12-20(3)21(4)18-22)26(28(30)32)29-23-10-8-11-24(19-23)34-15-6-2/h8,10-13,18-19,29H,5-7,9,14-17H2,1-4H3. The van der Waals surface area contributed by atoms with Gasteiger partial charge in [0.25, 0.3) is 11.8 Å². The summed E-state index contributed by atoms with van der Waals surface area (Å²) in [5.41, 5.74) is 4.35. The van der Waals surface area contributed by atoms with E-state index < -0.39 is 0 Å². The number of benzene rings is 2. The molecule has 1 aliphatic rings. The first-order valence-electron chi connectivity index (χ1n) is 12.2. The summed E-state index contributed by atoms with van der Waals surface area (Å²) in [7, 11) is 0. The van der Waals surface area contributed by atoms with Gasteiger partial charge in [0, 0.05) is 31.5 Å². The van der Waals surface area contributed by atoms with Crippen molar-refractivity contribution in [3.63, 3.8) is 0 Å². The predicted octanol–water partition coefficient (Wildman–Crippen LogP) is 5.49. The fourth-order valence-corrected chi connectivity index (χ4v) is 3.76. The van der Waals surface area contributed by atoms with E-state index in [4.69, 9.17) is 9.47 Å². The summed E-state index contributed by atoms with van der Waals surface area (Å²) >= 11 is 0. The van der Waals surface area contributed by atoms with Gasteiger partial charge in [-0.1, -0.05) is 44.5 Å². The van der Waals surface area contributed by atoms with E-state index in [9.17, 15) is 9.59 Å². The van der Waals surface area contributed by atoms with Crippen molar-refractivity contribution in [3.05, 3.63) is 64.9 Å². The summed E-state index contributed by atoms with van der Waals surface area (Å²) in [4.78, 5) is 28.1. The molecule has 0 unspecified atom stereocenters. The number of hydrogen-bond donors (Lipinski definition) is 1. The van der Waals surface area contributed by atoms with Gasteiger partial charge < -0.3 is 14.8 Å². The molecule has 2 aromatic rings. The zero-order chi connectivity index (χ0) is 24.5. The highest BCUT2D eigenvalue weighted by atomic mass is 16.5. The fourth-order valence-electron chi connectivity index (χ4n) is 3.76. The lowest BCUT2D eigenvalue weighted by Gasteiger charge is -2.15. The van der Waals surface area contributed by atoms with Crippen molar-refractivity contribution >= 4 is 23.1 Å². The number of anilines is 1. The van der Waals surface area contributed by atoms with Gasteiger partial charge in [0.05, 0.1) is 12.2 Å². The molecule has 0 saturated carbocycles. The molecule has 1 aliphatic heterocycles. The Labute approximate surface area is 202 Å². The van der Waals surface area contributed by atoms with Crippen molar-refractivity contribution in [2.24, 2.45) is 0 Å². The molecule has 0 radical (unpaired) electrons. The monoisotopic (exact) mass is 464 g/mol. The highest BCUT2D eigenvalue weighted by Gasteiger charge is 2.39. The van der Waals surface area contributed by atoms with Crippen LogP contribution in [0.25, 0.3) is 5.57 Å². The van der Waals surface area contributed by atoms with Gasteiger partial charge in [-0.15, -0.1) is 0 Å². The third kappa shape index (κ3) is 6.26. The molecule has 0 fully saturated rings. The number of amides is 2. The Kier molecular flexibility index (Phi) is 9.28. The van der Waals surface area contributed by atoms with Crippen LogP contribution in [0.4, 0.5) is 5.69 Å². The number of unbranched alkanes of at least 4 members (excludes halogenated alkanes) is 1. The molecule has 34 heavy (non-hydrogen) atoms. The van der Waals surface area contributed by atoms with E-state index in [0.717, 1.165) is 41.7 Å². The number of carbonyl (C=O) groups excluding carboxylic acids is 2. The van der Waals surface area contributed by atoms with Gasteiger partial charge in [-0.2, -0.15) is 0 Å². The van der Waals surface area contributed by atoms with Crippen molar-refractivity contribution in [2.75, 3.05) is 31.7 Å². The molecule has 0 aliphatic carbocycles. The maximum absolute atomic E-state index is 13.4. The molecule has 182 valence electrons. The topological polar surface area (TPSA) is 67.9 Å². The molecule has 2 amide bonds. The Morgan fingerprint density at radius 1 is 0.853 bits per heavy atom. The van der Waals surface area contributed by atoms with Gasteiger partial charge in [-0.05, 0) is 61.9 Å². The van der Waals surface area contributed by atoms with Crippen LogP contribution in [0.15, 0.2) is 48.2 Å². The Balaban J connectivity index is 1.86. The predicted molar refractivity (Wildman–Crippen MR) is 136 cm³/mol. The molecular weight excluding hydrogens is 428 g/mol. The van der Waals surface area contributed by atoms with E-state index in [-0.39, 0.29) is 11.8 Å². The third-order valence-electron chi connectivity index (χ3n) is 5.85. The van der Waals surface area contributed by atoms with Crippen LogP contribution in [0, 0.1) is 13.8 Å². The maximum atomic E-state index is 13.4. The minimum absolute atomic E-state index is 0.275. The molecule has 0 aromatic heterocycles. The highest BCUT2D eigenvalue weighted by molar-refractivity contribution is 6.36. The summed E-state index contributed by atoms with van der Waals surface area (Å²) in [6, 6.07) is 13.3. The lowest BCUT2D eigenvalue weighted by molar-refractivity contribution is -0.137. The summed E-state index contributed by atoms with van der Waals surface area (Å²) in [6.45, 7) is 10.4. The smallest absolute Gasteiger partial charge is 0.278 e. The van der Waals surface area contributed by atoms with Crippen LogP contribution in [0.1, 0.15) is 56.2 Å². The molecule has 1 heterocycles. The van der Waals surface area contributed by atoms with Crippen molar-refractivity contribution in [3.8, 4) is 5.75 Å². The minimum Gasteiger partial charge on any atom is -0.494 e. The molecule has 0 atom stereocenters. The molecule has 6 heteroatoms. The van der Waals surface area contributed by atoms with E-state index in [1.165, 1.54) is 4.90 Å². The number of nitrogens with zero attached hydrogens (tertiary/aromatic N) is 1. The van der Waals surface area contributed by atoms with Crippen LogP contribution in [-0.2, 0) is 14.3 Å². The number of aryl methyl sites for hydroxylation is 2. The van der Waals surface area contributed by atoms with Crippen LogP contribution >= 0.6 is 0 Å². The van der Waals surface area contributed by atoms with Gasteiger partial charge >= 0.3 is 0 Å². The second kappa shape index (κ2) is 12.4. The van der Waals surface area contributed by atoms with Gasteiger partial charge in [0.2, 0.25) is 0 Å². The molecule has 0 saturated heterocycles. The first-order valence-corrected chi connectivity index (χ1v) is 12.2. The van der Waals surface area contributed by atoms with Crippen LogP contribution in [0.3, 0.4) is 0 Å². The van der Waals surface area contributed by atoms with Crippen molar-refractivity contribution in [1.82, 2.24) is 4.90 Å². The Hall–Kier alpha value is -3.12. The second-order valence-electron chi connectivity index (χ2n) is 8.63. The van der Waals surface area contributed by atoms with Crippen molar-refractivity contribution in [1.29, 1.82) is 0 Å². The lowest BCUT2D eigenvalue weighted by atomic mass is 9.99. The van der Waals surface area contributed by atoms with Gasteiger partial charge in [-0.25, -0.2) is 0 Å². The SMILES string of the molecule is CCCCOCCCN1C(=O)C(Nc2cccc(OCCC)c2)=C(c2ccc(C)c(C)c2)C1=O. The first-order chi connectivity index (χ1) is 16.5. The number of rotatable bonds is 13.